The number of nitrogens with zero attached hydrogens (tertiary/aromatic N) is 8. The van der Waals surface area contributed by atoms with Crippen LogP contribution in [0.25, 0.3) is 11.6 Å². The van der Waals surface area contributed by atoms with Gasteiger partial charge in [-0.2, -0.15) is 10.2 Å². The summed E-state index contributed by atoms with van der Waals surface area (Å²) in [7, 11) is 0. The van der Waals surface area contributed by atoms with Gasteiger partial charge in [-0.3, -0.25) is 29.6 Å². The summed E-state index contributed by atoms with van der Waals surface area (Å²) in [4.78, 5) is 20.6. The Morgan fingerprint density at radius 2 is 1.96 bits per heavy atom. The number of hydrogen-bond acceptors (Lipinski definition) is 9. The normalized spacial score (nSPS) is 10.9. The molecule has 0 aliphatic carbocycles. The molecular weight excluding hydrogens is 336 g/mol. The van der Waals surface area contributed by atoms with Crippen molar-refractivity contribution in [3.63, 3.8) is 0 Å². The Morgan fingerprint density at radius 3 is 2.60 bits per heavy atom. The lowest BCUT2D eigenvalue weighted by molar-refractivity contribution is -0.385. The van der Waals surface area contributed by atoms with Crippen LogP contribution in [0, 0.1) is 20.2 Å². The lowest BCUT2D eigenvalue weighted by atomic mass is 10.4. The van der Waals surface area contributed by atoms with Gasteiger partial charge in [0.2, 0.25) is 11.6 Å². The Kier molecular flexibility index (Phi) is 4.20. The number of rotatable bonds is 7. The molecule has 0 aliphatic rings. The molecule has 3 aromatic heterocycles. The summed E-state index contributed by atoms with van der Waals surface area (Å²) >= 11 is 0. The molecule has 0 bridgehead atoms. The van der Waals surface area contributed by atoms with E-state index in [-0.39, 0.29) is 41.8 Å². The van der Waals surface area contributed by atoms with Crippen molar-refractivity contribution in [3.05, 3.63) is 44.7 Å². The van der Waals surface area contributed by atoms with E-state index in [1.165, 1.54) is 21.8 Å². The lowest BCUT2D eigenvalue weighted by Gasteiger charge is -1.96. The minimum atomic E-state index is -0.568. The number of hydrogen-bond donors (Lipinski definition) is 0. The largest absolute Gasteiger partial charge is 0.419 e. The second-order valence-corrected chi connectivity index (χ2v) is 4.95. The summed E-state index contributed by atoms with van der Waals surface area (Å²) in [5.74, 6) is 0.161. The average molecular weight is 348 g/mol. The van der Waals surface area contributed by atoms with Gasteiger partial charge in [0, 0.05) is 19.5 Å². The second kappa shape index (κ2) is 6.46. The highest BCUT2D eigenvalue weighted by atomic mass is 16.6. The van der Waals surface area contributed by atoms with Crippen LogP contribution in [0.1, 0.15) is 12.8 Å². The first-order valence-corrected chi connectivity index (χ1v) is 7.19. The van der Waals surface area contributed by atoms with E-state index in [1.807, 2.05) is 0 Å². The van der Waals surface area contributed by atoms with Crippen LogP contribution in [0.4, 0.5) is 11.4 Å². The van der Waals surface area contributed by atoms with Gasteiger partial charge < -0.3 is 4.42 Å². The maximum Gasteiger partial charge on any atom is 0.320 e. The van der Waals surface area contributed by atoms with Crippen molar-refractivity contribution in [2.24, 2.45) is 0 Å². The second-order valence-electron chi connectivity index (χ2n) is 4.95. The fourth-order valence-corrected chi connectivity index (χ4v) is 2.09. The molecule has 0 saturated heterocycles. The smallest absolute Gasteiger partial charge is 0.320 e. The van der Waals surface area contributed by atoms with Crippen molar-refractivity contribution >= 4 is 11.4 Å². The molecule has 3 rings (SSSR count). The third kappa shape index (κ3) is 3.34. The van der Waals surface area contributed by atoms with E-state index in [1.54, 1.807) is 6.92 Å². The maximum absolute atomic E-state index is 11.1. The lowest BCUT2D eigenvalue weighted by Crippen LogP contribution is -2.01. The van der Waals surface area contributed by atoms with Crippen LogP contribution in [-0.4, -0.2) is 39.6 Å². The Hall–Kier alpha value is -3.64. The van der Waals surface area contributed by atoms with Gasteiger partial charge in [-0.25, -0.2) is 0 Å². The summed E-state index contributed by atoms with van der Waals surface area (Å²) in [6.07, 6.45) is 3.97. The van der Waals surface area contributed by atoms with Crippen LogP contribution in [0.2, 0.25) is 0 Å². The van der Waals surface area contributed by atoms with Crippen LogP contribution in [0.3, 0.4) is 0 Å². The van der Waals surface area contributed by atoms with Gasteiger partial charge in [0.25, 0.3) is 5.89 Å². The molecule has 0 amide bonds. The molecule has 0 aromatic carbocycles. The Bertz CT molecular complexity index is 926. The highest BCUT2D eigenvalue weighted by Gasteiger charge is 2.25. The molecular formula is C12H12N8O5. The molecule has 130 valence electrons. The number of aromatic nitrogens is 6. The third-order valence-corrected chi connectivity index (χ3v) is 3.32. The van der Waals surface area contributed by atoms with E-state index >= 15 is 0 Å². The standard InChI is InChI=1S/C12H12N8O5/c1-2-17-7-9(20(23)24)11(16-17)12-15-14-10(25-12)3-4-18-6-8(5-13-18)19(21)22/h5-7H,2-4H2,1H3. The van der Waals surface area contributed by atoms with E-state index in [0.717, 1.165) is 6.20 Å². The minimum Gasteiger partial charge on any atom is -0.419 e. The van der Waals surface area contributed by atoms with E-state index in [9.17, 15) is 20.2 Å². The SMILES string of the molecule is CCn1cc([N+](=O)[O-])c(-c2nnc(CCn3cc([N+](=O)[O-])cn3)o2)n1. The monoisotopic (exact) mass is 348 g/mol. The molecule has 13 heteroatoms. The zero-order chi connectivity index (χ0) is 18.0. The first kappa shape index (κ1) is 16.2. The van der Waals surface area contributed by atoms with Crippen molar-refractivity contribution < 1.29 is 14.3 Å². The topological polar surface area (TPSA) is 161 Å². The van der Waals surface area contributed by atoms with Crippen LogP contribution >= 0.6 is 0 Å². The van der Waals surface area contributed by atoms with Crippen LogP contribution in [0.5, 0.6) is 0 Å². The van der Waals surface area contributed by atoms with E-state index < -0.39 is 9.85 Å². The highest BCUT2D eigenvalue weighted by molar-refractivity contribution is 5.60. The zero-order valence-corrected chi connectivity index (χ0v) is 13.0. The summed E-state index contributed by atoms with van der Waals surface area (Å²) < 4.78 is 8.19. The predicted molar refractivity (Wildman–Crippen MR) is 80.4 cm³/mol. The molecule has 0 aliphatic heterocycles. The quantitative estimate of drug-likeness (QED) is 0.451. The molecule has 0 saturated carbocycles. The fourth-order valence-electron chi connectivity index (χ4n) is 2.09. The van der Waals surface area contributed by atoms with Gasteiger partial charge >= 0.3 is 11.4 Å². The Labute approximate surface area is 139 Å². The van der Waals surface area contributed by atoms with E-state index in [2.05, 4.69) is 20.4 Å². The van der Waals surface area contributed by atoms with Gasteiger partial charge in [-0.1, -0.05) is 0 Å². The molecule has 0 radical (unpaired) electrons. The van der Waals surface area contributed by atoms with Crippen molar-refractivity contribution in [3.8, 4) is 11.6 Å². The molecule has 0 N–H and O–H groups in total. The zero-order valence-electron chi connectivity index (χ0n) is 13.0. The summed E-state index contributed by atoms with van der Waals surface area (Å²) in [6, 6.07) is 0. The van der Waals surface area contributed by atoms with Crippen molar-refractivity contribution in [1.82, 2.24) is 29.8 Å². The van der Waals surface area contributed by atoms with Gasteiger partial charge in [-0.15, -0.1) is 10.2 Å². The molecule has 0 spiro atoms. The summed E-state index contributed by atoms with van der Waals surface area (Å²) in [5, 5.41) is 37.2. The first-order chi connectivity index (χ1) is 12.0. The van der Waals surface area contributed by atoms with Gasteiger partial charge in [-0.05, 0) is 6.92 Å². The molecule has 3 heterocycles. The molecule has 13 nitrogen and oxygen atoms in total. The number of aryl methyl sites for hydroxylation is 3. The summed E-state index contributed by atoms with van der Waals surface area (Å²) in [6.45, 7) is 2.53. The van der Waals surface area contributed by atoms with Gasteiger partial charge in [0.1, 0.15) is 18.6 Å². The van der Waals surface area contributed by atoms with Crippen LogP contribution < -0.4 is 0 Å². The highest BCUT2D eigenvalue weighted by Crippen LogP contribution is 2.27. The molecule has 0 unspecified atom stereocenters. The van der Waals surface area contributed by atoms with Gasteiger partial charge in [0.05, 0.1) is 9.85 Å². The summed E-state index contributed by atoms with van der Waals surface area (Å²) in [5.41, 5.74) is -0.341. The van der Waals surface area contributed by atoms with E-state index in [4.69, 9.17) is 4.42 Å². The first-order valence-electron chi connectivity index (χ1n) is 7.19. The average Bonchev–Trinajstić information content (AvgIpc) is 3.30. The molecule has 0 fully saturated rings. The number of nitro groups is 2. The van der Waals surface area contributed by atoms with Crippen molar-refractivity contribution in [1.29, 1.82) is 0 Å². The predicted octanol–water partition coefficient (Wildman–Crippen LogP) is 1.21. The maximum atomic E-state index is 11.1. The molecule has 25 heavy (non-hydrogen) atoms. The molecule has 3 aromatic rings. The Balaban J connectivity index is 1.75. The minimum absolute atomic E-state index is 0.000303. The van der Waals surface area contributed by atoms with Crippen molar-refractivity contribution in [2.45, 2.75) is 26.4 Å². The van der Waals surface area contributed by atoms with E-state index in [0.29, 0.717) is 6.54 Å². The molecule has 0 atom stereocenters. The van der Waals surface area contributed by atoms with Crippen LogP contribution in [-0.2, 0) is 19.5 Å². The van der Waals surface area contributed by atoms with Crippen LogP contribution in [0.15, 0.2) is 23.0 Å². The van der Waals surface area contributed by atoms with Gasteiger partial charge in [0.15, 0.2) is 0 Å². The fraction of sp³-hybridized carbons (Fsp3) is 0.333. The third-order valence-electron chi connectivity index (χ3n) is 3.32. The Morgan fingerprint density at radius 1 is 1.16 bits per heavy atom. The van der Waals surface area contributed by atoms with Crippen molar-refractivity contribution in [2.75, 3.05) is 0 Å².